The third-order valence-corrected chi connectivity index (χ3v) is 5.75. The van der Waals surface area contributed by atoms with Crippen molar-refractivity contribution in [1.29, 1.82) is 0 Å². The van der Waals surface area contributed by atoms with E-state index in [4.69, 9.17) is 0 Å². The number of piperidine rings is 1. The Hall–Kier alpha value is -0.260. The zero-order valence-corrected chi connectivity index (χ0v) is 13.3. The Labute approximate surface area is 121 Å². The maximum atomic E-state index is 12.3. The maximum Gasteiger partial charge on any atom is 0.232 e. The zero-order valence-electron chi connectivity index (χ0n) is 12.4. The first-order valence-electron chi connectivity index (χ1n) is 7.30. The quantitative estimate of drug-likeness (QED) is 0.840. The summed E-state index contributed by atoms with van der Waals surface area (Å²) in [6.45, 7) is 9.36. The molecule has 5 heteroatoms. The first-order valence-corrected chi connectivity index (χ1v) is 8.35. The lowest BCUT2D eigenvalue weighted by atomic mass is 10.00. The van der Waals surface area contributed by atoms with Gasteiger partial charge >= 0.3 is 0 Å². The molecule has 2 saturated heterocycles. The van der Waals surface area contributed by atoms with Gasteiger partial charge in [0.1, 0.15) is 0 Å². The van der Waals surface area contributed by atoms with Crippen molar-refractivity contribution in [1.82, 2.24) is 15.1 Å². The van der Waals surface area contributed by atoms with E-state index in [0.29, 0.717) is 16.9 Å². The van der Waals surface area contributed by atoms with Crippen molar-refractivity contribution in [3.8, 4) is 0 Å². The van der Waals surface area contributed by atoms with Crippen LogP contribution < -0.4 is 5.32 Å². The standard InChI is InChI=1S/C14H27N3OS/c1-14(2)11-17(9-8-16(14)3)13(18)10-19-12-4-6-15-7-5-12/h12,15H,4-11H2,1-3H3. The van der Waals surface area contributed by atoms with Crippen molar-refractivity contribution in [2.24, 2.45) is 0 Å². The van der Waals surface area contributed by atoms with Crippen molar-refractivity contribution >= 4 is 17.7 Å². The molecule has 0 aromatic carbocycles. The van der Waals surface area contributed by atoms with Crippen LogP contribution in [0.3, 0.4) is 0 Å². The molecule has 1 amide bonds. The molecule has 0 aliphatic carbocycles. The van der Waals surface area contributed by atoms with Gasteiger partial charge in [-0.15, -0.1) is 11.8 Å². The molecule has 2 aliphatic rings. The third-order valence-electron chi connectivity index (χ3n) is 4.40. The van der Waals surface area contributed by atoms with Gasteiger partial charge in [-0.25, -0.2) is 0 Å². The average Bonchev–Trinajstić information content (AvgIpc) is 2.40. The summed E-state index contributed by atoms with van der Waals surface area (Å²) in [4.78, 5) is 16.7. The van der Waals surface area contributed by atoms with Crippen LogP contribution in [0.4, 0.5) is 0 Å². The molecule has 0 aromatic heterocycles. The molecule has 19 heavy (non-hydrogen) atoms. The molecular weight excluding hydrogens is 258 g/mol. The molecule has 0 unspecified atom stereocenters. The molecular formula is C14H27N3OS. The molecule has 0 saturated carbocycles. The first-order chi connectivity index (χ1) is 8.99. The van der Waals surface area contributed by atoms with Crippen molar-refractivity contribution in [3.05, 3.63) is 0 Å². The van der Waals surface area contributed by atoms with Crippen molar-refractivity contribution in [2.75, 3.05) is 45.5 Å². The highest BCUT2D eigenvalue weighted by Crippen LogP contribution is 2.23. The van der Waals surface area contributed by atoms with Gasteiger partial charge in [0, 0.05) is 30.4 Å². The predicted molar refractivity (Wildman–Crippen MR) is 81.6 cm³/mol. The summed E-state index contributed by atoms with van der Waals surface area (Å²) in [6, 6.07) is 0. The van der Waals surface area contributed by atoms with E-state index in [9.17, 15) is 4.79 Å². The van der Waals surface area contributed by atoms with Gasteiger partial charge in [-0.1, -0.05) is 0 Å². The van der Waals surface area contributed by atoms with Crippen LogP contribution in [0.15, 0.2) is 0 Å². The van der Waals surface area contributed by atoms with Crippen LogP contribution in [-0.2, 0) is 4.79 Å². The summed E-state index contributed by atoms with van der Waals surface area (Å²) < 4.78 is 0. The Morgan fingerprint density at radius 3 is 2.63 bits per heavy atom. The van der Waals surface area contributed by atoms with E-state index < -0.39 is 0 Å². The summed E-state index contributed by atoms with van der Waals surface area (Å²) in [5.74, 6) is 0.981. The number of carbonyl (C=O) groups excluding carboxylic acids is 1. The molecule has 0 radical (unpaired) electrons. The van der Waals surface area contributed by atoms with Gasteiger partial charge in [-0.3, -0.25) is 9.69 Å². The third kappa shape index (κ3) is 4.10. The molecule has 2 heterocycles. The van der Waals surface area contributed by atoms with Gasteiger partial charge < -0.3 is 10.2 Å². The van der Waals surface area contributed by atoms with Crippen molar-refractivity contribution in [2.45, 2.75) is 37.5 Å². The zero-order chi connectivity index (χ0) is 13.9. The average molecular weight is 285 g/mol. The van der Waals surface area contributed by atoms with Gasteiger partial charge in [0.25, 0.3) is 0 Å². The summed E-state index contributed by atoms with van der Waals surface area (Å²) in [6.07, 6.45) is 2.40. The fourth-order valence-corrected chi connectivity index (χ4v) is 3.83. The molecule has 0 bridgehead atoms. The Kier molecular flexibility index (Phi) is 5.15. The number of carbonyl (C=O) groups is 1. The van der Waals surface area contributed by atoms with Gasteiger partial charge in [-0.2, -0.15) is 0 Å². The van der Waals surface area contributed by atoms with E-state index in [0.717, 1.165) is 32.7 Å². The molecule has 1 N–H and O–H groups in total. The SMILES string of the molecule is CN1CCN(C(=O)CSC2CCNCC2)CC1(C)C. The van der Waals surface area contributed by atoms with E-state index in [-0.39, 0.29) is 5.54 Å². The van der Waals surface area contributed by atoms with Crippen LogP contribution in [-0.4, -0.2) is 72.0 Å². The van der Waals surface area contributed by atoms with Crippen LogP contribution >= 0.6 is 11.8 Å². The predicted octanol–water partition coefficient (Wildman–Crippen LogP) is 1.02. The van der Waals surface area contributed by atoms with Crippen molar-refractivity contribution in [3.63, 3.8) is 0 Å². The maximum absolute atomic E-state index is 12.3. The lowest BCUT2D eigenvalue weighted by molar-refractivity contribution is -0.132. The topological polar surface area (TPSA) is 35.6 Å². The normalized spacial score (nSPS) is 25.5. The fraction of sp³-hybridized carbons (Fsp3) is 0.929. The molecule has 2 fully saturated rings. The van der Waals surface area contributed by atoms with Crippen LogP contribution in [0.25, 0.3) is 0 Å². The van der Waals surface area contributed by atoms with E-state index in [1.54, 1.807) is 0 Å². The Bertz CT molecular complexity index is 316. The van der Waals surface area contributed by atoms with Crippen LogP contribution in [0.2, 0.25) is 0 Å². The minimum atomic E-state index is 0.104. The summed E-state index contributed by atoms with van der Waals surface area (Å²) in [5, 5.41) is 4.04. The number of thioether (sulfide) groups is 1. The van der Waals surface area contributed by atoms with Gasteiger partial charge in [0.15, 0.2) is 0 Å². The number of nitrogens with one attached hydrogen (secondary N) is 1. The Balaban J connectivity index is 1.76. The molecule has 2 rings (SSSR count). The number of rotatable bonds is 3. The molecule has 0 spiro atoms. The van der Waals surface area contributed by atoms with Gasteiger partial charge in [-0.05, 0) is 46.8 Å². The Morgan fingerprint density at radius 1 is 1.32 bits per heavy atom. The number of hydrogen-bond donors (Lipinski definition) is 1. The van der Waals surface area contributed by atoms with E-state index >= 15 is 0 Å². The van der Waals surface area contributed by atoms with Crippen LogP contribution in [0.5, 0.6) is 0 Å². The highest BCUT2D eigenvalue weighted by molar-refractivity contribution is 8.00. The molecule has 0 atom stereocenters. The number of amides is 1. The fourth-order valence-electron chi connectivity index (χ4n) is 2.70. The van der Waals surface area contributed by atoms with Gasteiger partial charge in [0.2, 0.25) is 5.91 Å². The molecule has 2 aliphatic heterocycles. The number of piperazine rings is 1. The molecule has 4 nitrogen and oxygen atoms in total. The minimum absolute atomic E-state index is 0.104. The monoisotopic (exact) mass is 285 g/mol. The number of nitrogens with zero attached hydrogens (tertiary/aromatic N) is 2. The number of likely N-dealkylation sites (N-methyl/N-ethyl adjacent to an activating group) is 1. The van der Waals surface area contributed by atoms with E-state index in [1.165, 1.54) is 12.8 Å². The minimum Gasteiger partial charge on any atom is -0.339 e. The smallest absolute Gasteiger partial charge is 0.232 e. The summed E-state index contributed by atoms with van der Waals surface area (Å²) in [5.41, 5.74) is 0.104. The molecule has 0 aromatic rings. The van der Waals surface area contributed by atoms with Crippen LogP contribution in [0.1, 0.15) is 26.7 Å². The van der Waals surface area contributed by atoms with E-state index in [2.05, 4.69) is 31.1 Å². The van der Waals surface area contributed by atoms with E-state index in [1.807, 2.05) is 16.7 Å². The lowest BCUT2D eigenvalue weighted by Gasteiger charge is -2.45. The highest BCUT2D eigenvalue weighted by Gasteiger charge is 2.33. The second kappa shape index (κ2) is 6.46. The highest BCUT2D eigenvalue weighted by atomic mass is 32.2. The largest absolute Gasteiger partial charge is 0.339 e. The number of hydrogen-bond acceptors (Lipinski definition) is 4. The van der Waals surface area contributed by atoms with Gasteiger partial charge in [0.05, 0.1) is 5.75 Å². The Morgan fingerprint density at radius 2 is 2.00 bits per heavy atom. The first kappa shape index (κ1) is 15.1. The summed E-state index contributed by atoms with van der Waals surface area (Å²) in [7, 11) is 2.14. The summed E-state index contributed by atoms with van der Waals surface area (Å²) >= 11 is 1.86. The second-order valence-corrected chi connectivity index (χ2v) is 7.60. The van der Waals surface area contributed by atoms with Crippen molar-refractivity contribution < 1.29 is 4.79 Å². The van der Waals surface area contributed by atoms with Crippen LogP contribution in [0, 0.1) is 0 Å². The lowest BCUT2D eigenvalue weighted by Crippen LogP contribution is -2.59. The second-order valence-electron chi connectivity index (χ2n) is 6.31. The molecule has 110 valence electrons.